The number of aromatic nitrogens is 3. The zero-order chi connectivity index (χ0) is 31.6. The van der Waals surface area contributed by atoms with Gasteiger partial charge in [0, 0.05) is 43.0 Å². The van der Waals surface area contributed by atoms with Crippen LogP contribution in [0.25, 0.3) is 0 Å². The second-order valence-electron chi connectivity index (χ2n) is 9.60. The Morgan fingerprint density at radius 2 is 1.51 bits per heavy atom. The average Bonchev–Trinajstić information content (AvgIpc) is 3.75. The van der Waals surface area contributed by atoms with Crippen molar-refractivity contribution in [2.45, 2.75) is 50.3 Å². The predicted octanol–water partition coefficient (Wildman–Crippen LogP) is 6.47. The molecule has 232 valence electrons. The first-order chi connectivity index (χ1) is 20.0. The maximum atomic E-state index is 13.6. The second-order valence-corrected chi connectivity index (χ2v) is 9.60. The van der Waals surface area contributed by atoms with E-state index in [4.69, 9.17) is 9.90 Å². The Morgan fingerprint density at radius 3 is 2.07 bits per heavy atom. The minimum atomic E-state index is -5.08. The number of carboxylic acid groups (broad SMARTS) is 1. The molecule has 1 aliphatic carbocycles. The average molecular weight is 622 g/mol. The Balaban J connectivity index is 0.000000541. The summed E-state index contributed by atoms with van der Waals surface area (Å²) in [6.07, 6.45) is -10.1. The van der Waals surface area contributed by atoms with Crippen molar-refractivity contribution >= 4 is 29.2 Å². The highest BCUT2D eigenvalue weighted by Gasteiger charge is 2.38. The van der Waals surface area contributed by atoms with Crippen LogP contribution in [0, 0.1) is 0 Å². The summed E-state index contributed by atoms with van der Waals surface area (Å²) >= 11 is 0. The third-order valence-electron chi connectivity index (χ3n) is 6.36. The van der Waals surface area contributed by atoms with Gasteiger partial charge in [-0.2, -0.15) is 44.5 Å². The molecular weight excluding hydrogens is 599 g/mol. The number of fused-ring (bicyclic) bond motifs is 1. The van der Waals surface area contributed by atoms with Crippen LogP contribution in [0.15, 0.2) is 42.6 Å². The lowest BCUT2D eigenvalue weighted by Gasteiger charge is -2.24. The molecule has 43 heavy (non-hydrogen) atoms. The normalized spacial score (nSPS) is 15.5. The third-order valence-corrected chi connectivity index (χ3v) is 6.36. The van der Waals surface area contributed by atoms with Crippen molar-refractivity contribution < 1.29 is 49.4 Å². The molecule has 1 aromatic carbocycles. The molecule has 0 bridgehead atoms. The lowest BCUT2D eigenvalue weighted by molar-refractivity contribution is -0.192. The van der Waals surface area contributed by atoms with Gasteiger partial charge in [0.25, 0.3) is 0 Å². The molecule has 0 radical (unpaired) electrons. The first-order valence-electron chi connectivity index (χ1n) is 12.7. The summed E-state index contributed by atoms with van der Waals surface area (Å²) in [6.45, 7) is 0.514. The van der Waals surface area contributed by atoms with E-state index in [0.29, 0.717) is 41.6 Å². The van der Waals surface area contributed by atoms with Gasteiger partial charge in [-0.1, -0.05) is 0 Å². The van der Waals surface area contributed by atoms with E-state index in [0.717, 1.165) is 31.0 Å². The molecule has 8 nitrogen and oxygen atoms in total. The van der Waals surface area contributed by atoms with Crippen molar-refractivity contribution in [1.82, 2.24) is 15.0 Å². The predicted molar refractivity (Wildman–Crippen MR) is 136 cm³/mol. The van der Waals surface area contributed by atoms with Crippen molar-refractivity contribution in [1.29, 1.82) is 0 Å². The summed E-state index contributed by atoms with van der Waals surface area (Å²) in [5.74, 6) is -2.10. The minimum absolute atomic E-state index is 0.139. The minimum Gasteiger partial charge on any atom is -0.475 e. The van der Waals surface area contributed by atoms with Crippen LogP contribution in [0.3, 0.4) is 0 Å². The van der Waals surface area contributed by atoms with Crippen LogP contribution >= 0.6 is 0 Å². The van der Waals surface area contributed by atoms with E-state index in [1.54, 1.807) is 4.90 Å². The number of hydrogen-bond acceptors (Lipinski definition) is 7. The molecule has 0 amide bonds. The number of benzene rings is 1. The highest BCUT2D eigenvalue weighted by molar-refractivity contribution is 5.73. The number of carboxylic acids is 1. The molecular formula is C26H23F9N6O2. The van der Waals surface area contributed by atoms with E-state index >= 15 is 0 Å². The molecule has 0 unspecified atom stereocenters. The quantitative estimate of drug-likeness (QED) is 0.279. The molecule has 3 aromatic rings. The van der Waals surface area contributed by atoms with Crippen LogP contribution in [-0.2, 0) is 30.0 Å². The van der Waals surface area contributed by atoms with Crippen LogP contribution in [0.2, 0.25) is 0 Å². The number of alkyl halides is 9. The smallest absolute Gasteiger partial charge is 0.475 e. The summed E-state index contributed by atoms with van der Waals surface area (Å²) in [6, 6.07) is 7.12. The van der Waals surface area contributed by atoms with Gasteiger partial charge in [0.1, 0.15) is 11.6 Å². The van der Waals surface area contributed by atoms with Crippen molar-refractivity contribution in [2.24, 2.45) is 0 Å². The highest BCUT2D eigenvalue weighted by atomic mass is 19.4. The van der Waals surface area contributed by atoms with Gasteiger partial charge in [-0.15, -0.1) is 0 Å². The summed E-state index contributed by atoms with van der Waals surface area (Å²) < 4.78 is 111. The number of nitrogens with zero attached hydrogens (tertiary/aromatic N) is 4. The first-order valence-corrected chi connectivity index (χ1v) is 12.7. The number of rotatable bonds is 5. The molecule has 2 aromatic heterocycles. The number of halogens is 9. The number of pyridine rings is 1. The Bertz CT molecular complexity index is 1440. The number of nitrogens with one attached hydrogen (secondary N) is 2. The van der Waals surface area contributed by atoms with Crippen molar-refractivity contribution in [3.8, 4) is 0 Å². The van der Waals surface area contributed by atoms with Gasteiger partial charge in [0.05, 0.1) is 16.8 Å². The molecule has 2 aliphatic rings. The van der Waals surface area contributed by atoms with Crippen molar-refractivity contribution in [3.63, 3.8) is 0 Å². The molecule has 1 aliphatic heterocycles. The fraction of sp³-hybridized carbons (Fsp3) is 0.385. The van der Waals surface area contributed by atoms with Crippen LogP contribution < -0.4 is 15.5 Å². The van der Waals surface area contributed by atoms with Crippen LogP contribution in [0.4, 0.5) is 62.8 Å². The standard InChI is InChI=1S/C24H22F6N6.C2HF3O2/c25-23(26,27)14-3-5-15(6-4-14)32-20-17-9-12-36(21-18(24(28,29)30)2-1-11-31-21)13-10-19(17)34-22(35-20)33-16-7-8-16;3-2(4,5)1(6)7/h1-6,11,16H,7-10,12-13H2,(H2,32,33,34,35);(H,6,7). The summed E-state index contributed by atoms with van der Waals surface area (Å²) in [5, 5.41) is 13.4. The molecule has 0 saturated heterocycles. The number of anilines is 4. The topological polar surface area (TPSA) is 103 Å². The third kappa shape index (κ3) is 8.38. The maximum Gasteiger partial charge on any atom is 0.490 e. The molecule has 3 N–H and O–H groups in total. The molecule has 1 fully saturated rings. The molecule has 0 spiro atoms. The van der Waals surface area contributed by atoms with Gasteiger partial charge in [-0.25, -0.2) is 14.8 Å². The van der Waals surface area contributed by atoms with Gasteiger partial charge in [0.15, 0.2) is 0 Å². The second kappa shape index (κ2) is 12.1. The lowest BCUT2D eigenvalue weighted by atomic mass is 10.1. The van der Waals surface area contributed by atoms with Crippen molar-refractivity contribution in [2.75, 3.05) is 28.6 Å². The summed E-state index contributed by atoms with van der Waals surface area (Å²) in [7, 11) is 0. The lowest BCUT2D eigenvalue weighted by Crippen LogP contribution is -2.29. The molecule has 5 rings (SSSR count). The summed E-state index contributed by atoms with van der Waals surface area (Å²) in [4.78, 5) is 23.7. The van der Waals surface area contributed by atoms with Crippen LogP contribution in [0.5, 0.6) is 0 Å². The maximum absolute atomic E-state index is 13.6. The Morgan fingerprint density at radius 1 is 0.884 bits per heavy atom. The van der Waals surface area contributed by atoms with Gasteiger partial charge < -0.3 is 20.6 Å². The van der Waals surface area contributed by atoms with Crippen LogP contribution in [-0.4, -0.2) is 51.3 Å². The summed E-state index contributed by atoms with van der Waals surface area (Å²) in [5.41, 5.74) is 0.225. The molecule has 1 saturated carbocycles. The van der Waals surface area contributed by atoms with E-state index in [1.165, 1.54) is 24.4 Å². The Labute approximate surface area is 238 Å². The zero-order valence-corrected chi connectivity index (χ0v) is 21.9. The number of carbonyl (C=O) groups is 1. The van der Waals surface area contributed by atoms with Gasteiger partial charge in [-0.05, 0) is 55.7 Å². The zero-order valence-electron chi connectivity index (χ0n) is 21.9. The SMILES string of the molecule is FC(F)(F)c1ccc(Nc2nc(NC3CC3)nc3c2CCN(c2ncccc2C(F)(F)F)CC3)cc1.O=C(O)C(F)(F)F. The first kappa shape index (κ1) is 31.6. The van der Waals surface area contributed by atoms with E-state index in [1.807, 2.05) is 0 Å². The van der Waals surface area contributed by atoms with Gasteiger partial charge in [-0.3, -0.25) is 0 Å². The fourth-order valence-corrected chi connectivity index (χ4v) is 4.14. The van der Waals surface area contributed by atoms with E-state index in [9.17, 15) is 39.5 Å². The van der Waals surface area contributed by atoms with Gasteiger partial charge >= 0.3 is 24.5 Å². The molecule has 0 atom stereocenters. The highest BCUT2D eigenvalue weighted by Crippen LogP contribution is 2.37. The molecule has 3 heterocycles. The van der Waals surface area contributed by atoms with E-state index in [-0.39, 0.29) is 24.9 Å². The van der Waals surface area contributed by atoms with Crippen molar-refractivity contribution in [3.05, 3.63) is 65.0 Å². The Kier molecular flexibility index (Phi) is 8.92. The number of hydrogen-bond donors (Lipinski definition) is 3. The van der Waals surface area contributed by atoms with Gasteiger partial charge in [0.2, 0.25) is 5.95 Å². The largest absolute Gasteiger partial charge is 0.490 e. The Hall–Kier alpha value is -4.31. The van der Waals surface area contributed by atoms with E-state index in [2.05, 4.69) is 25.6 Å². The number of aliphatic carboxylic acids is 1. The fourth-order valence-electron chi connectivity index (χ4n) is 4.14. The van der Waals surface area contributed by atoms with Crippen LogP contribution in [0.1, 0.15) is 35.2 Å². The molecule has 17 heteroatoms. The monoisotopic (exact) mass is 622 g/mol. The van der Waals surface area contributed by atoms with E-state index < -0.39 is 35.6 Å².